The highest BCUT2D eigenvalue weighted by Crippen LogP contribution is 2.17. The zero-order chi connectivity index (χ0) is 14.4. The molecule has 0 aromatic heterocycles. The van der Waals surface area contributed by atoms with Crippen molar-refractivity contribution in [2.45, 2.75) is 33.1 Å². The van der Waals surface area contributed by atoms with Crippen LogP contribution in [-0.2, 0) is 9.59 Å². The first kappa shape index (κ1) is 20.4. The molecular weight excluding hydrogens is 280 g/mol. The molecule has 0 aliphatic carbocycles. The monoisotopic (exact) mass is 301 g/mol. The van der Waals surface area contributed by atoms with Gasteiger partial charge in [-0.1, -0.05) is 20.8 Å². The normalized spacial score (nSPS) is 11.5. The third kappa shape index (κ3) is 11.9. The van der Waals surface area contributed by atoms with Crippen LogP contribution in [0.1, 0.15) is 27.2 Å². The van der Waals surface area contributed by atoms with Crippen LogP contribution in [0.3, 0.4) is 0 Å². The molecule has 0 fully saturated rings. The highest BCUT2D eigenvalue weighted by Gasteiger charge is 2.27. The average Bonchev–Trinajstić information content (AvgIpc) is 2.21. The second-order valence-electron chi connectivity index (χ2n) is 5.35. The van der Waals surface area contributed by atoms with Crippen molar-refractivity contribution in [3.8, 4) is 0 Å². The largest absolute Gasteiger partial charge is 0.348 e. The maximum Gasteiger partial charge on any atom is 0.277 e. The highest BCUT2D eigenvalue weighted by atomic mass is 35.5. The molecule has 0 bridgehead atoms. The van der Waals surface area contributed by atoms with Gasteiger partial charge in [-0.15, -0.1) is 12.4 Å². The molecule has 114 valence electrons. The van der Waals surface area contributed by atoms with E-state index in [4.69, 9.17) is 5.73 Å². The number of halogens is 3. The quantitative estimate of drug-likeness (QED) is 0.674. The predicted octanol–water partition coefficient (Wildman–Crippen LogP) is 0.671. The first-order valence-corrected chi connectivity index (χ1v) is 5.67. The Morgan fingerprint density at radius 2 is 1.63 bits per heavy atom. The summed E-state index contributed by atoms with van der Waals surface area (Å²) in [5.41, 5.74) is 4.63. The molecule has 0 atom stereocenters. The molecule has 5 nitrogen and oxygen atoms in total. The van der Waals surface area contributed by atoms with Gasteiger partial charge in [0.25, 0.3) is 5.92 Å². The molecule has 4 N–H and O–H groups in total. The number of rotatable bonds is 6. The molecule has 0 radical (unpaired) electrons. The van der Waals surface area contributed by atoms with Gasteiger partial charge in [0.2, 0.25) is 11.8 Å². The van der Waals surface area contributed by atoms with Gasteiger partial charge in [-0.05, 0) is 5.41 Å². The Balaban J connectivity index is 0. The Bertz CT molecular complexity index is 307. The third-order valence-corrected chi connectivity index (χ3v) is 1.98. The van der Waals surface area contributed by atoms with Gasteiger partial charge in [-0.25, -0.2) is 8.78 Å². The summed E-state index contributed by atoms with van der Waals surface area (Å²) in [7, 11) is 0. The molecule has 0 aromatic carbocycles. The van der Waals surface area contributed by atoms with Crippen molar-refractivity contribution < 1.29 is 18.4 Å². The Morgan fingerprint density at radius 3 is 2.05 bits per heavy atom. The maximum atomic E-state index is 12.7. The summed E-state index contributed by atoms with van der Waals surface area (Å²) in [5, 5.41) is 4.37. The molecule has 0 aromatic rings. The van der Waals surface area contributed by atoms with Gasteiger partial charge in [0.1, 0.15) is 0 Å². The fourth-order valence-corrected chi connectivity index (χ4v) is 1.09. The zero-order valence-electron chi connectivity index (χ0n) is 11.4. The van der Waals surface area contributed by atoms with Crippen LogP contribution in [0.5, 0.6) is 0 Å². The van der Waals surface area contributed by atoms with Gasteiger partial charge in [-0.2, -0.15) is 0 Å². The number of alkyl halides is 2. The van der Waals surface area contributed by atoms with Crippen LogP contribution in [0, 0.1) is 5.41 Å². The smallest absolute Gasteiger partial charge is 0.277 e. The number of hydrogen-bond acceptors (Lipinski definition) is 3. The van der Waals surface area contributed by atoms with Gasteiger partial charge in [0.05, 0.1) is 19.6 Å². The molecule has 8 heteroatoms. The first-order valence-electron chi connectivity index (χ1n) is 5.67. The van der Waals surface area contributed by atoms with E-state index in [1.807, 2.05) is 26.1 Å². The van der Waals surface area contributed by atoms with Crippen molar-refractivity contribution in [2.75, 3.05) is 19.6 Å². The van der Waals surface area contributed by atoms with E-state index in [1.165, 1.54) is 0 Å². The molecule has 0 aliphatic heterocycles. The van der Waals surface area contributed by atoms with E-state index >= 15 is 0 Å². The number of hydrogen-bond donors (Lipinski definition) is 3. The van der Waals surface area contributed by atoms with E-state index in [-0.39, 0.29) is 36.7 Å². The Morgan fingerprint density at radius 1 is 1.11 bits per heavy atom. The lowest BCUT2D eigenvalue weighted by molar-refractivity contribution is -0.127. The fourth-order valence-electron chi connectivity index (χ4n) is 1.09. The second-order valence-corrected chi connectivity index (χ2v) is 5.35. The highest BCUT2D eigenvalue weighted by molar-refractivity contribution is 5.85. The van der Waals surface area contributed by atoms with Gasteiger partial charge >= 0.3 is 0 Å². The molecule has 2 amide bonds. The van der Waals surface area contributed by atoms with E-state index in [1.54, 1.807) is 0 Å². The summed E-state index contributed by atoms with van der Waals surface area (Å²) >= 11 is 0. The molecule has 0 spiro atoms. The van der Waals surface area contributed by atoms with Crippen LogP contribution >= 0.6 is 12.4 Å². The van der Waals surface area contributed by atoms with Crippen LogP contribution in [0.4, 0.5) is 8.78 Å². The van der Waals surface area contributed by atoms with Gasteiger partial charge in [0.15, 0.2) is 0 Å². The Kier molecular flexibility index (Phi) is 8.86. The zero-order valence-corrected chi connectivity index (χ0v) is 12.2. The number of nitrogens with two attached hydrogens (primary N) is 1. The van der Waals surface area contributed by atoms with Crippen LogP contribution in [0.25, 0.3) is 0 Å². The van der Waals surface area contributed by atoms with E-state index < -0.39 is 24.9 Å². The molecule has 0 rings (SSSR count). The summed E-state index contributed by atoms with van der Waals surface area (Å²) in [6.45, 7) is 3.69. The summed E-state index contributed by atoms with van der Waals surface area (Å²) in [6, 6.07) is 0. The Labute approximate surface area is 118 Å². The third-order valence-electron chi connectivity index (χ3n) is 1.98. The topological polar surface area (TPSA) is 84.2 Å². The SMILES string of the molecule is CC(C)(C)CC(=O)NCC(=O)NCC(F)(F)CN.Cl. The van der Waals surface area contributed by atoms with E-state index in [2.05, 4.69) is 5.32 Å². The number of carbonyl (C=O) groups excluding carboxylic acids is 2. The van der Waals surface area contributed by atoms with E-state index in [0.29, 0.717) is 0 Å². The molecule has 0 saturated heterocycles. The lowest BCUT2D eigenvalue weighted by Gasteiger charge is -2.17. The first-order chi connectivity index (χ1) is 8.06. The van der Waals surface area contributed by atoms with Crippen LogP contribution in [-0.4, -0.2) is 37.4 Å². The van der Waals surface area contributed by atoms with E-state index in [9.17, 15) is 18.4 Å². The lowest BCUT2D eigenvalue weighted by Crippen LogP contribution is -2.45. The lowest BCUT2D eigenvalue weighted by atomic mass is 9.92. The predicted molar refractivity (Wildman–Crippen MR) is 71.3 cm³/mol. The van der Waals surface area contributed by atoms with Crippen molar-refractivity contribution in [1.82, 2.24) is 10.6 Å². The van der Waals surface area contributed by atoms with Crippen LogP contribution < -0.4 is 16.4 Å². The van der Waals surface area contributed by atoms with Crippen molar-refractivity contribution >= 4 is 24.2 Å². The number of carbonyl (C=O) groups is 2. The van der Waals surface area contributed by atoms with E-state index in [0.717, 1.165) is 0 Å². The minimum absolute atomic E-state index is 0. The van der Waals surface area contributed by atoms with Gasteiger partial charge in [0, 0.05) is 6.42 Å². The fraction of sp³-hybridized carbons (Fsp3) is 0.818. The molecular formula is C11H22ClF2N3O2. The standard InChI is InChI=1S/C11H21F2N3O2.ClH/c1-10(2,3)4-8(17)15-5-9(18)16-7-11(12,13)6-14;/h4-7,14H2,1-3H3,(H,15,17)(H,16,18);1H. The minimum atomic E-state index is -3.12. The van der Waals surface area contributed by atoms with Crippen molar-refractivity contribution in [3.63, 3.8) is 0 Å². The Hall–Kier alpha value is -0.950. The summed E-state index contributed by atoms with van der Waals surface area (Å²) in [6.07, 6.45) is 0.263. The molecule has 0 unspecified atom stereocenters. The van der Waals surface area contributed by atoms with Crippen LogP contribution in [0.2, 0.25) is 0 Å². The summed E-state index contributed by atoms with van der Waals surface area (Å²) < 4.78 is 25.4. The second kappa shape index (κ2) is 8.27. The maximum absolute atomic E-state index is 12.7. The molecule has 0 aliphatic rings. The van der Waals surface area contributed by atoms with Crippen molar-refractivity contribution in [2.24, 2.45) is 11.1 Å². The average molecular weight is 302 g/mol. The summed E-state index contributed by atoms with van der Waals surface area (Å²) in [5.74, 6) is -4.07. The van der Waals surface area contributed by atoms with Crippen molar-refractivity contribution in [1.29, 1.82) is 0 Å². The number of nitrogens with one attached hydrogen (secondary N) is 2. The van der Waals surface area contributed by atoms with Gasteiger partial charge in [-0.3, -0.25) is 9.59 Å². The van der Waals surface area contributed by atoms with Gasteiger partial charge < -0.3 is 16.4 Å². The number of amides is 2. The molecule has 19 heavy (non-hydrogen) atoms. The molecule has 0 saturated carbocycles. The molecule has 0 heterocycles. The summed E-state index contributed by atoms with van der Waals surface area (Å²) in [4.78, 5) is 22.5. The van der Waals surface area contributed by atoms with Crippen LogP contribution in [0.15, 0.2) is 0 Å². The van der Waals surface area contributed by atoms with Crippen molar-refractivity contribution in [3.05, 3.63) is 0 Å². The minimum Gasteiger partial charge on any atom is -0.348 e.